The van der Waals surface area contributed by atoms with Gasteiger partial charge in [0.2, 0.25) is 0 Å². The van der Waals surface area contributed by atoms with Crippen molar-refractivity contribution in [2.45, 2.75) is 57.4 Å². The van der Waals surface area contributed by atoms with Crippen LogP contribution >= 0.6 is 0 Å². The summed E-state index contributed by atoms with van der Waals surface area (Å²) in [5.74, 6) is 6.04. The number of nitrogens with two attached hydrogens (primary N) is 1. The molecule has 18 heavy (non-hydrogen) atoms. The van der Waals surface area contributed by atoms with Crippen molar-refractivity contribution in [1.29, 1.82) is 0 Å². The van der Waals surface area contributed by atoms with Crippen LogP contribution in [0.3, 0.4) is 0 Å². The van der Waals surface area contributed by atoms with E-state index in [9.17, 15) is 8.78 Å². The van der Waals surface area contributed by atoms with Crippen LogP contribution < -0.4 is 11.3 Å². The van der Waals surface area contributed by atoms with Crippen LogP contribution in [0.25, 0.3) is 0 Å². The summed E-state index contributed by atoms with van der Waals surface area (Å²) in [4.78, 5) is 4.54. The number of hydrazine groups is 1. The number of ether oxygens (including phenoxy) is 1. The number of nitrogens with one attached hydrogen (secondary N) is 1. The van der Waals surface area contributed by atoms with Crippen LogP contribution in [0.2, 0.25) is 0 Å². The first-order valence-corrected chi connectivity index (χ1v) is 6.61. The van der Waals surface area contributed by atoms with Gasteiger partial charge in [-0.05, 0) is 12.8 Å². The lowest BCUT2D eigenvalue weighted by atomic mass is 10.1. The van der Waals surface area contributed by atoms with Gasteiger partial charge in [-0.15, -0.1) is 0 Å². The van der Waals surface area contributed by atoms with Gasteiger partial charge in [0.05, 0.1) is 12.6 Å². The Kier molecular flexibility index (Phi) is 7.84. The van der Waals surface area contributed by atoms with Gasteiger partial charge in [0.15, 0.2) is 0 Å². The number of rotatable bonds is 6. The molecule has 1 saturated carbocycles. The topological polar surface area (TPSA) is 59.6 Å². The number of aliphatic imine (C=N–C) groups is 1. The molecular formula is C12H23F2N3O. The lowest BCUT2D eigenvalue weighted by Gasteiger charge is -2.12. The van der Waals surface area contributed by atoms with Gasteiger partial charge in [0.25, 0.3) is 6.43 Å². The average Bonchev–Trinajstić information content (AvgIpc) is 2.61. The fourth-order valence-electron chi connectivity index (χ4n) is 2.12. The summed E-state index contributed by atoms with van der Waals surface area (Å²) in [6.07, 6.45) is 5.16. The van der Waals surface area contributed by atoms with Crippen molar-refractivity contribution in [2.75, 3.05) is 13.2 Å². The molecular weight excluding hydrogens is 240 g/mol. The minimum Gasteiger partial charge on any atom is -0.375 e. The second kappa shape index (κ2) is 9.22. The molecule has 0 spiro atoms. The molecule has 0 aromatic heterocycles. The lowest BCUT2D eigenvalue weighted by molar-refractivity contribution is 0.0200. The molecule has 0 aliphatic heterocycles. The Morgan fingerprint density at radius 2 is 1.94 bits per heavy atom. The lowest BCUT2D eigenvalue weighted by Crippen LogP contribution is -2.32. The molecule has 1 aliphatic rings. The molecule has 1 aliphatic carbocycles. The van der Waals surface area contributed by atoms with Crippen molar-refractivity contribution in [1.82, 2.24) is 5.43 Å². The van der Waals surface area contributed by atoms with E-state index in [1.807, 2.05) is 0 Å². The molecule has 0 unspecified atom stereocenters. The zero-order valence-corrected chi connectivity index (χ0v) is 10.7. The summed E-state index contributed by atoms with van der Waals surface area (Å²) < 4.78 is 28.5. The Morgan fingerprint density at radius 1 is 1.28 bits per heavy atom. The smallest absolute Gasteiger partial charge is 0.261 e. The third-order valence-corrected chi connectivity index (χ3v) is 3.06. The van der Waals surface area contributed by atoms with Crippen LogP contribution in [-0.4, -0.2) is 31.5 Å². The molecule has 6 heteroatoms. The van der Waals surface area contributed by atoms with E-state index >= 15 is 0 Å². The Balaban J connectivity index is 2.29. The quantitative estimate of drug-likeness (QED) is 0.193. The third-order valence-electron chi connectivity index (χ3n) is 3.06. The summed E-state index contributed by atoms with van der Waals surface area (Å²) in [7, 11) is 0. The Labute approximate surface area is 107 Å². The average molecular weight is 263 g/mol. The van der Waals surface area contributed by atoms with E-state index in [0.717, 1.165) is 12.8 Å². The Morgan fingerprint density at radius 3 is 2.50 bits per heavy atom. The SMILES string of the molecule is NNC(CCOCC(F)F)=NC1CCCCCC1. The summed E-state index contributed by atoms with van der Waals surface area (Å²) in [5, 5.41) is 0. The van der Waals surface area contributed by atoms with Crippen LogP contribution in [-0.2, 0) is 4.74 Å². The molecule has 4 nitrogen and oxygen atoms in total. The number of amidine groups is 1. The van der Waals surface area contributed by atoms with E-state index in [0.29, 0.717) is 18.3 Å². The third kappa shape index (κ3) is 6.86. The minimum atomic E-state index is -2.42. The number of halogens is 2. The zero-order chi connectivity index (χ0) is 13.2. The second-order valence-electron chi connectivity index (χ2n) is 4.58. The fourth-order valence-corrected chi connectivity index (χ4v) is 2.12. The van der Waals surface area contributed by atoms with Crippen molar-refractivity contribution in [3.8, 4) is 0 Å². The van der Waals surface area contributed by atoms with Gasteiger partial charge < -0.3 is 10.2 Å². The summed E-state index contributed by atoms with van der Waals surface area (Å²) >= 11 is 0. The van der Waals surface area contributed by atoms with Crippen LogP contribution in [0.5, 0.6) is 0 Å². The maximum Gasteiger partial charge on any atom is 0.261 e. The molecule has 1 fully saturated rings. The van der Waals surface area contributed by atoms with Crippen LogP contribution in [0.1, 0.15) is 44.9 Å². The number of hydrogen-bond donors (Lipinski definition) is 2. The van der Waals surface area contributed by atoms with E-state index in [-0.39, 0.29) is 6.61 Å². The van der Waals surface area contributed by atoms with Crippen molar-refractivity contribution < 1.29 is 13.5 Å². The van der Waals surface area contributed by atoms with Gasteiger partial charge in [-0.25, -0.2) is 14.6 Å². The maximum absolute atomic E-state index is 11.9. The largest absolute Gasteiger partial charge is 0.375 e. The van der Waals surface area contributed by atoms with E-state index in [1.54, 1.807) is 0 Å². The normalized spacial score (nSPS) is 19.0. The van der Waals surface area contributed by atoms with Gasteiger partial charge in [0.1, 0.15) is 12.4 Å². The van der Waals surface area contributed by atoms with Gasteiger partial charge in [-0.2, -0.15) is 0 Å². The highest BCUT2D eigenvalue weighted by Crippen LogP contribution is 2.19. The molecule has 0 atom stereocenters. The molecule has 0 radical (unpaired) electrons. The first kappa shape index (κ1) is 15.3. The Bertz CT molecular complexity index is 241. The Hall–Kier alpha value is -0.750. The van der Waals surface area contributed by atoms with E-state index < -0.39 is 13.0 Å². The summed E-state index contributed by atoms with van der Waals surface area (Å²) in [6, 6.07) is 0.314. The number of alkyl halides is 2. The highest BCUT2D eigenvalue weighted by Gasteiger charge is 2.12. The zero-order valence-electron chi connectivity index (χ0n) is 10.7. The van der Waals surface area contributed by atoms with Gasteiger partial charge in [0, 0.05) is 6.42 Å². The first-order valence-electron chi connectivity index (χ1n) is 6.61. The monoisotopic (exact) mass is 263 g/mol. The molecule has 0 amide bonds. The van der Waals surface area contributed by atoms with Crippen LogP contribution in [0, 0.1) is 0 Å². The second-order valence-corrected chi connectivity index (χ2v) is 4.58. The molecule has 0 heterocycles. The van der Waals surface area contributed by atoms with E-state index in [1.165, 1.54) is 25.7 Å². The highest BCUT2D eigenvalue weighted by molar-refractivity contribution is 5.81. The van der Waals surface area contributed by atoms with E-state index in [2.05, 4.69) is 10.4 Å². The first-order chi connectivity index (χ1) is 8.72. The van der Waals surface area contributed by atoms with E-state index in [4.69, 9.17) is 10.6 Å². The molecule has 1 rings (SSSR count). The molecule has 0 aromatic rings. The van der Waals surface area contributed by atoms with Crippen molar-refractivity contribution in [2.24, 2.45) is 10.8 Å². The molecule has 3 N–H and O–H groups in total. The maximum atomic E-state index is 11.9. The van der Waals surface area contributed by atoms with Crippen molar-refractivity contribution in [3.63, 3.8) is 0 Å². The van der Waals surface area contributed by atoms with Gasteiger partial charge >= 0.3 is 0 Å². The molecule has 0 saturated heterocycles. The van der Waals surface area contributed by atoms with Crippen LogP contribution in [0.4, 0.5) is 8.78 Å². The fraction of sp³-hybridized carbons (Fsp3) is 0.917. The number of hydrogen-bond acceptors (Lipinski definition) is 3. The highest BCUT2D eigenvalue weighted by atomic mass is 19.3. The summed E-state index contributed by atoms with van der Waals surface area (Å²) in [6.45, 7) is -0.304. The predicted molar refractivity (Wildman–Crippen MR) is 67.7 cm³/mol. The molecule has 106 valence electrons. The summed E-state index contributed by atoms with van der Waals surface area (Å²) in [5.41, 5.74) is 2.54. The van der Waals surface area contributed by atoms with Gasteiger partial charge in [-0.1, -0.05) is 25.7 Å². The van der Waals surface area contributed by atoms with Crippen molar-refractivity contribution in [3.05, 3.63) is 0 Å². The standard InChI is InChI=1S/C12H23F2N3O/c13-11(14)9-18-8-7-12(17-15)16-10-5-3-1-2-4-6-10/h10-11H,1-9,15H2,(H,16,17). The minimum absolute atomic E-state index is 0.222. The molecule has 0 bridgehead atoms. The molecule has 0 aromatic carbocycles. The van der Waals surface area contributed by atoms with Gasteiger partial charge in [-0.3, -0.25) is 4.99 Å². The predicted octanol–water partition coefficient (Wildman–Crippen LogP) is 2.24. The van der Waals surface area contributed by atoms with Crippen LogP contribution in [0.15, 0.2) is 4.99 Å². The van der Waals surface area contributed by atoms with Crippen molar-refractivity contribution >= 4 is 5.84 Å². The number of nitrogens with zero attached hydrogens (tertiary/aromatic N) is 1.